The van der Waals surface area contributed by atoms with Gasteiger partial charge in [0.05, 0.1) is 12.4 Å². The Kier molecular flexibility index (Phi) is 5.06. The summed E-state index contributed by atoms with van der Waals surface area (Å²) in [7, 11) is 0. The Hall–Kier alpha value is -2.15. The lowest BCUT2D eigenvalue weighted by molar-refractivity contribution is 0.244. The number of aliphatic hydroxyl groups excluding tert-OH is 1. The molecule has 1 saturated carbocycles. The molecule has 140 valence electrons. The maximum Gasteiger partial charge on any atom is 0.224 e. The Labute approximate surface area is 153 Å². The van der Waals surface area contributed by atoms with E-state index in [2.05, 4.69) is 32.4 Å². The van der Waals surface area contributed by atoms with Gasteiger partial charge in [-0.25, -0.2) is 4.98 Å². The summed E-state index contributed by atoms with van der Waals surface area (Å²) in [5.74, 6) is 1.22. The third-order valence-electron chi connectivity index (χ3n) is 5.63. The molecule has 2 heterocycles. The number of rotatable bonds is 4. The van der Waals surface area contributed by atoms with Crippen LogP contribution in [0.4, 0.5) is 11.8 Å². The minimum Gasteiger partial charge on any atom is -0.396 e. The van der Waals surface area contributed by atoms with E-state index >= 15 is 0 Å². The smallest absolute Gasteiger partial charge is 0.224 e. The molecule has 2 aromatic rings. The van der Waals surface area contributed by atoms with Crippen LogP contribution in [0.2, 0.25) is 0 Å². The first-order chi connectivity index (χ1) is 12.7. The summed E-state index contributed by atoms with van der Waals surface area (Å²) in [6, 6.07) is 0.573. The fourth-order valence-electron chi connectivity index (χ4n) is 4.16. The maximum atomic E-state index is 9.38. The number of aliphatic hydroxyl groups is 1. The Morgan fingerprint density at radius 2 is 1.88 bits per heavy atom. The van der Waals surface area contributed by atoms with Crippen LogP contribution >= 0.6 is 0 Å². The predicted molar refractivity (Wildman–Crippen MR) is 103 cm³/mol. The first-order valence-corrected chi connectivity index (χ1v) is 9.80. The van der Waals surface area contributed by atoms with E-state index in [1.165, 1.54) is 32.1 Å². The van der Waals surface area contributed by atoms with Crippen molar-refractivity contribution in [2.75, 3.05) is 17.7 Å². The summed E-state index contributed by atoms with van der Waals surface area (Å²) in [5, 5.41) is 13.0. The normalized spacial score (nSPS) is 24.7. The molecule has 7 nitrogen and oxygen atoms in total. The van der Waals surface area contributed by atoms with Crippen molar-refractivity contribution in [3.63, 3.8) is 0 Å². The quantitative estimate of drug-likeness (QED) is 0.728. The summed E-state index contributed by atoms with van der Waals surface area (Å²) in [6.45, 7) is 0.172. The van der Waals surface area contributed by atoms with Crippen molar-refractivity contribution in [2.24, 2.45) is 5.92 Å². The molecule has 2 atom stereocenters. The SMILES string of the molecule is Nc1nc(NC2CCCCCCC2)c2ncn([C@@H]3C=C[C@H](CO)C3)c2n1. The molecule has 0 bridgehead atoms. The van der Waals surface area contributed by atoms with Gasteiger partial charge in [0, 0.05) is 18.6 Å². The van der Waals surface area contributed by atoms with E-state index < -0.39 is 0 Å². The second-order valence-corrected chi connectivity index (χ2v) is 7.57. The highest BCUT2D eigenvalue weighted by Gasteiger charge is 2.23. The number of nitrogens with one attached hydrogen (secondary N) is 1. The lowest BCUT2D eigenvalue weighted by Gasteiger charge is -2.21. The van der Waals surface area contributed by atoms with Crippen LogP contribution in [0, 0.1) is 5.92 Å². The largest absolute Gasteiger partial charge is 0.396 e. The van der Waals surface area contributed by atoms with Gasteiger partial charge in [0.1, 0.15) is 0 Å². The van der Waals surface area contributed by atoms with E-state index in [0.717, 1.165) is 36.2 Å². The lowest BCUT2D eigenvalue weighted by atomic mass is 9.97. The number of nitrogens with two attached hydrogens (primary N) is 1. The van der Waals surface area contributed by atoms with Crippen molar-refractivity contribution < 1.29 is 5.11 Å². The second kappa shape index (κ2) is 7.61. The van der Waals surface area contributed by atoms with Crippen LogP contribution in [-0.4, -0.2) is 37.3 Å². The van der Waals surface area contributed by atoms with Crippen molar-refractivity contribution in [1.82, 2.24) is 19.5 Å². The first kappa shape index (κ1) is 17.3. The number of nitrogen functional groups attached to an aromatic ring is 1. The number of imidazole rings is 1. The lowest BCUT2D eigenvalue weighted by Crippen LogP contribution is -2.22. The molecule has 7 heteroatoms. The zero-order chi connectivity index (χ0) is 17.9. The van der Waals surface area contributed by atoms with Crippen LogP contribution in [0.5, 0.6) is 0 Å². The molecule has 4 N–H and O–H groups in total. The number of allylic oxidation sites excluding steroid dienone is 1. The van der Waals surface area contributed by atoms with Crippen molar-refractivity contribution in [3.8, 4) is 0 Å². The number of nitrogens with zero attached hydrogens (tertiary/aromatic N) is 4. The molecule has 2 aromatic heterocycles. The number of fused-ring (bicyclic) bond motifs is 1. The van der Waals surface area contributed by atoms with Gasteiger partial charge < -0.3 is 20.7 Å². The zero-order valence-electron chi connectivity index (χ0n) is 15.1. The number of hydrogen-bond acceptors (Lipinski definition) is 6. The van der Waals surface area contributed by atoms with Crippen LogP contribution in [0.1, 0.15) is 57.4 Å². The van der Waals surface area contributed by atoms with Gasteiger partial charge in [-0.05, 0) is 19.3 Å². The van der Waals surface area contributed by atoms with Gasteiger partial charge in [-0.1, -0.05) is 44.3 Å². The topological polar surface area (TPSA) is 102 Å². The average Bonchev–Trinajstić information content (AvgIpc) is 3.23. The van der Waals surface area contributed by atoms with Gasteiger partial charge in [-0.3, -0.25) is 0 Å². The maximum absolute atomic E-state index is 9.38. The zero-order valence-corrected chi connectivity index (χ0v) is 15.1. The van der Waals surface area contributed by atoms with Gasteiger partial charge in [-0.15, -0.1) is 0 Å². The van der Waals surface area contributed by atoms with Gasteiger partial charge in [0.25, 0.3) is 0 Å². The van der Waals surface area contributed by atoms with Crippen LogP contribution in [0.25, 0.3) is 11.2 Å². The summed E-state index contributed by atoms with van der Waals surface area (Å²) >= 11 is 0. The number of hydrogen-bond donors (Lipinski definition) is 3. The molecule has 26 heavy (non-hydrogen) atoms. The number of anilines is 2. The van der Waals surface area contributed by atoms with E-state index in [9.17, 15) is 5.11 Å². The summed E-state index contributed by atoms with van der Waals surface area (Å²) in [4.78, 5) is 13.5. The molecule has 0 saturated heterocycles. The molecule has 2 aliphatic rings. The Balaban J connectivity index is 1.60. The van der Waals surface area contributed by atoms with E-state index in [1.807, 2.05) is 10.9 Å². The average molecular weight is 356 g/mol. The van der Waals surface area contributed by atoms with Crippen LogP contribution in [-0.2, 0) is 0 Å². The standard InChI is InChI=1S/C19H28N6O/c20-19-23-17(22-14-6-4-2-1-3-5-7-14)16-18(24-19)25(12-21-16)15-9-8-13(10-15)11-26/h8-9,12-15,26H,1-7,10-11H2,(H3,20,22,23,24)/t13-,15+/m0/s1. The second-order valence-electron chi connectivity index (χ2n) is 7.57. The Morgan fingerprint density at radius 1 is 1.12 bits per heavy atom. The molecular formula is C19H28N6O. The highest BCUT2D eigenvalue weighted by molar-refractivity contribution is 5.84. The van der Waals surface area contributed by atoms with E-state index in [-0.39, 0.29) is 24.5 Å². The molecule has 1 fully saturated rings. The third kappa shape index (κ3) is 3.53. The molecule has 0 aliphatic heterocycles. The monoisotopic (exact) mass is 356 g/mol. The molecule has 4 rings (SSSR count). The molecule has 0 spiro atoms. The Bertz CT molecular complexity index is 778. The van der Waals surface area contributed by atoms with Crippen molar-refractivity contribution in [2.45, 2.75) is 63.5 Å². The summed E-state index contributed by atoms with van der Waals surface area (Å²) in [5.41, 5.74) is 7.55. The first-order valence-electron chi connectivity index (χ1n) is 9.80. The molecule has 0 radical (unpaired) electrons. The van der Waals surface area contributed by atoms with E-state index in [4.69, 9.17) is 5.73 Å². The fourth-order valence-corrected chi connectivity index (χ4v) is 4.16. The molecule has 2 aliphatic carbocycles. The minimum atomic E-state index is 0.153. The van der Waals surface area contributed by atoms with Crippen molar-refractivity contribution in [3.05, 3.63) is 18.5 Å². The van der Waals surface area contributed by atoms with Crippen LogP contribution in [0.15, 0.2) is 18.5 Å². The van der Waals surface area contributed by atoms with Gasteiger partial charge in [0.15, 0.2) is 17.0 Å². The van der Waals surface area contributed by atoms with Crippen LogP contribution in [0.3, 0.4) is 0 Å². The Morgan fingerprint density at radius 3 is 2.62 bits per heavy atom. The van der Waals surface area contributed by atoms with E-state index in [1.54, 1.807) is 0 Å². The van der Waals surface area contributed by atoms with E-state index in [0.29, 0.717) is 6.04 Å². The van der Waals surface area contributed by atoms with Gasteiger partial charge in [-0.2, -0.15) is 9.97 Å². The highest BCUT2D eigenvalue weighted by atomic mass is 16.3. The number of aromatic nitrogens is 4. The summed E-state index contributed by atoms with van der Waals surface area (Å²) in [6.07, 6.45) is 15.7. The minimum absolute atomic E-state index is 0.153. The highest BCUT2D eigenvalue weighted by Crippen LogP contribution is 2.32. The third-order valence-corrected chi connectivity index (χ3v) is 5.63. The molecule has 0 unspecified atom stereocenters. The molecule has 0 amide bonds. The van der Waals surface area contributed by atoms with Gasteiger partial charge >= 0.3 is 0 Å². The fraction of sp³-hybridized carbons (Fsp3) is 0.632. The summed E-state index contributed by atoms with van der Waals surface area (Å²) < 4.78 is 2.04. The predicted octanol–water partition coefficient (Wildman–Crippen LogP) is 3.04. The molecule has 0 aromatic carbocycles. The van der Waals surface area contributed by atoms with Crippen LogP contribution < -0.4 is 11.1 Å². The van der Waals surface area contributed by atoms with Gasteiger partial charge in [0.2, 0.25) is 5.95 Å². The van der Waals surface area contributed by atoms with Crippen molar-refractivity contribution >= 4 is 22.9 Å². The molecular weight excluding hydrogens is 328 g/mol. The van der Waals surface area contributed by atoms with Crippen molar-refractivity contribution in [1.29, 1.82) is 0 Å².